The largest absolute Gasteiger partial charge is 0.490 e. The first-order chi connectivity index (χ1) is 31.4. The molecule has 0 saturated carbocycles. The monoisotopic (exact) mass is 862 g/mol. The first-order valence-corrected chi connectivity index (χ1v) is 23.1. The van der Waals surface area contributed by atoms with Crippen molar-refractivity contribution in [2.24, 2.45) is 0 Å². The van der Waals surface area contributed by atoms with Crippen LogP contribution in [0.15, 0.2) is 91.0 Å². The number of carbonyl (C=O) groups is 1. The van der Waals surface area contributed by atoms with Crippen molar-refractivity contribution in [1.82, 2.24) is 0 Å². The smallest absolute Gasteiger partial charge is 0.203 e. The molecule has 0 aliphatic rings. The van der Waals surface area contributed by atoms with Gasteiger partial charge in [0.25, 0.3) is 0 Å². The van der Waals surface area contributed by atoms with Crippen LogP contribution in [0.2, 0.25) is 0 Å². The molecule has 0 aliphatic heterocycles. The summed E-state index contributed by atoms with van der Waals surface area (Å²) >= 11 is 0. The second-order valence-electron chi connectivity index (χ2n) is 15.5. The van der Waals surface area contributed by atoms with Crippen molar-refractivity contribution in [2.45, 2.75) is 80.1 Å². The Labute approximate surface area is 382 Å². The van der Waals surface area contributed by atoms with Crippen LogP contribution < -0.4 is 28.4 Å². The molecule has 0 saturated heterocycles. The van der Waals surface area contributed by atoms with E-state index in [9.17, 15) is 4.79 Å². The molecule has 64 heavy (non-hydrogen) atoms. The number of hydrogen-bond acceptors (Lipinski definition) is 7. The van der Waals surface area contributed by atoms with Crippen LogP contribution >= 0.6 is 0 Å². The normalized spacial score (nSPS) is 11.5. The Kier molecular flexibility index (Phi) is 20.4. The van der Waals surface area contributed by atoms with Crippen LogP contribution in [0.1, 0.15) is 135 Å². The third-order valence-electron chi connectivity index (χ3n) is 9.72. The lowest BCUT2D eigenvalue weighted by Gasteiger charge is -2.17. The van der Waals surface area contributed by atoms with Crippen LogP contribution in [-0.2, 0) is 0 Å². The number of aldehydes is 1. The molecular weight excluding hydrogens is 797 g/mol. The van der Waals surface area contributed by atoms with Crippen molar-refractivity contribution in [3.63, 3.8) is 0 Å². The average molecular weight is 863 g/mol. The van der Waals surface area contributed by atoms with Gasteiger partial charge in [-0.1, -0.05) is 139 Å². The third-order valence-corrected chi connectivity index (χ3v) is 9.72. The predicted octanol–water partition coefficient (Wildman–Crippen LogP) is 14.9. The maximum absolute atomic E-state index is 11.9. The topological polar surface area (TPSA) is 72.5 Å². The number of hydrogen-bond donors (Lipinski definition) is 0. The van der Waals surface area contributed by atoms with E-state index < -0.39 is 0 Å². The van der Waals surface area contributed by atoms with E-state index in [0.29, 0.717) is 79.7 Å². The summed E-state index contributed by atoms with van der Waals surface area (Å²) in [6.07, 6.45) is 22.8. The van der Waals surface area contributed by atoms with E-state index in [4.69, 9.17) is 28.4 Å². The van der Waals surface area contributed by atoms with Crippen LogP contribution in [0, 0.1) is 0 Å². The highest BCUT2D eigenvalue weighted by Gasteiger charge is 2.16. The van der Waals surface area contributed by atoms with Crippen molar-refractivity contribution in [3.8, 4) is 34.5 Å². The molecule has 5 aromatic carbocycles. The summed E-state index contributed by atoms with van der Waals surface area (Å²) in [6.45, 7) is 16.1. The second kappa shape index (κ2) is 26.9. The van der Waals surface area contributed by atoms with Crippen molar-refractivity contribution in [2.75, 3.05) is 39.6 Å². The van der Waals surface area contributed by atoms with Gasteiger partial charge in [0.2, 0.25) is 11.5 Å². The van der Waals surface area contributed by atoms with Gasteiger partial charge in [0, 0.05) is 5.56 Å². The van der Waals surface area contributed by atoms with Gasteiger partial charge in [-0.15, -0.1) is 0 Å². The maximum Gasteiger partial charge on any atom is 0.203 e. The highest BCUT2D eigenvalue weighted by molar-refractivity contribution is 5.83. The van der Waals surface area contributed by atoms with E-state index in [2.05, 4.69) is 133 Å². The van der Waals surface area contributed by atoms with E-state index in [1.807, 2.05) is 48.6 Å². The molecule has 0 spiro atoms. The number of carbonyl (C=O) groups excluding carboxylic acids is 1. The summed E-state index contributed by atoms with van der Waals surface area (Å²) in [4.78, 5) is 11.9. The van der Waals surface area contributed by atoms with Gasteiger partial charge < -0.3 is 28.4 Å². The van der Waals surface area contributed by atoms with Crippen molar-refractivity contribution in [3.05, 3.63) is 141 Å². The molecule has 7 heteroatoms. The van der Waals surface area contributed by atoms with Gasteiger partial charge in [0.05, 0.1) is 39.6 Å². The molecule has 336 valence electrons. The Morgan fingerprint density at radius 3 is 0.766 bits per heavy atom. The number of rotatable bonds is 27. The molecular formula is C57H66O7. The lowest BCUT2D eigenvalue weighted by atomic mass is 10.0. The quantitative estimate of drug-likeness (QED) is 0.0385. The van der Waals surface area contributed by atoms with E-state index in [-0.39, 0.29) is 0 Å². The van der Waals surface area contributed by atoms with Gasteiger partial charge in [-0.2, -0.15) is 0 Å². The Morgan fingerprint density at radius 1 is 0.297 bits per heavy atom. The van der Waals surface area contributed by atoms with Gasteiger partial charge >= 0.3 is 0 Å². The Bertz CT molecular complexity index is 2100. The van der Waals surface area contributed by atoms with Crippen LogP contribution in [0.5, 0.6) is 34.5 Å². The number of benzene rings is 5. The minimum atomic E-state index is 0.595. The fraction of sp³-hybridized carbons (Fsp3) is 0.316. The molecule has 0 aliphatic carbocycles. The molecule has 0 fully saturated rings. The molecule has 7 nitrogen and oxygen atoms in total. The lowest BCUT2D eigenvalue weighted by molar-refractivity contribution is 0.112. The molecule has 0 atom stereocenters. The first-order valence-electron chi connectivity index (χ1n) is 23.1. The summed E-state index contributed by atoms with van der Waals surface area (Å²) in [5.74, 6) is 4.16. The van der Waals surface area contributed by atoms with E-state index in [1.165, 1.54) is 0 Å². The molecule has 0 amide bonds. The zero-order chi connectivity index (χ0) is 45.4. The van der Waals surface area contributed by atoms with Crippen molar-refractivity contribution < 1.29 is 33.2 Å². The Morgan fingerprint density at radius 2 is 0.516 bits per heavy atom. The average Bonchev–Trinajstić information content (AvgIpc) is 3.33. The first kappa shape index (κ1) is 48.6. The van der Waals surface area contributed by atoms with Gasteiger partial charge in [-0.05, 0) is 125 Å². The lowest BCUT2D eigenvalue weighted by Crippen LogP contribution is -2.05. The van der Waals surface area contributed by atoms with Crippen LogP contribution in [0.25, 0.3) is 48.6 Å². The predicted molar refractivity (Wildman–Crippen MR) is 268 cm³/mol. The Balaban J connectivity index is 1.26. The zero-order valence-corrected chi connectivity index (χ0v) is 38.7. The second-order valence-corrected chi connectivity index (χ2v) is 15.5. The third kappa shape index (κ3) is 15.4. The zero-order valence-electron chi connectivity index (χ0n) is 38.7. The molecule has 0 radical (unpaired) electrons. The SMILES string of the molecule is CCCOc1cc(/C=C/c2ccc(/C=C/c3cc(C=O)cc(/C=C/c4ccc(/C=C/c5cc(OCCC)c(OCCC)c(OCCC)c5)cc4)c3)cc2)cc(OCCC)c1OCCC. The minimum Gasteiger partial charge on any atom is -0.490 e. The summed E-state index contributed by atoms with van der Waals surface area (Å²) in [6, 6.07) is 30.7. The highest BCUT2D eigenvalue weighted by atomic mass is 16.5. The standard InChI is InChI=1S/C57H66O7/c1-7-29-59-52-38-49(39-53(60-30-8-2)56(52)63-33-11-5)27-23-45-17-13-43(14-18-45)21-25-47-35-48(37-51(36-47)42-58)26-22-44-15-19-46(20-16-44)24-28-50-40-54(61-31-9-3)57(64-34-12-6)55(41-50)62-32-10-4/h13-28,35-42H,7-12,29-34H2,1-6H3/b25-21+,26-22+,27-23+,28-24+. The maximum atomic E-state index is 11.9. The van der Waals surface area contributed by atoms with Gasteiger partial charge in [-0.25, -0.2) is 0 Å². The van der Waals surface area contributed by atoms with Gasteiger partial charge in [0.1, 0.15) is 6.29 Å². The molecule has 5 rings (SSSR count). The highest BCUT2D eigenvalue weighted by Crippen LogP contribution is 2.41. The Hall–Kier alpha value is -6.47. The molecule has 0 aromatic heterocycles. The summed E-state index contributed by atoms with van der Waals surface area (Å²) in [5, 5.41) is 0. The molecule has 0 bridgehead atoms. The van der Waals surface area contributed by atoms with E-state index >= 15 is 0 Å². The van der Waals surface area contributed by atoms with Crippen LogP contribution in [0.3, 0.4) is 0 Å². The van der Waals surface area contributed by atoms with Gasteiger partial charge in [-0.3, -0.25) is 4.79 Å². The van der Waals surface area contributed by atoms with Crippen molar-refractivity contribution in [1.29, 1.82) is 0 Å². The molecule has 5 aromatic rings. The number of ether oxygens (including phenoxy) is 6. The molecule has 0 unspecified atom stereocenters. The van der Waals surface area contributed by atoms with Crippen molar-refractivity contribution >= 4 is 54.9 Å². The van der Waals surface area contributed by atoms with Crippen LogP contribution in [0.4, 0.5) is 0 Å². The fourth-order valence-corrected chi connectivity index (χ4v) is 6.53. The van der Waals surface area contributed by atoms with Gasteiger partial charge in [0.15, 0.2) is 23.0 Å². The summed E-state index contributed by atoms with van der Waals surface area (Å²) in [5.41, 5.74) is 8.70. The minimum absolute atomic E-state index is 0.595. The fourth-order valence-electron chi connectivity index (χ4n) is 6.53. The van der Waals surface area contributed by atoms with E-state index in [1.54, 1.807) is 0 Å². The summed E-state index contributed by atoms with van der Waals surface area (Å²) in [7, 11) is 0. The van der Waals surface area contributed by atoms with E-state index in [0.717, 1.165) is 89.3 Å². The summed E-state index contributed by atoms with van der Waals surface area (Å²) < 4.78 is 36.6. The van der Waals surface area contributed by atoms with Crippen LogP contribution in [-0.4, -0.2) is 45.9 Å². The molecule has 0 heterocycles. The molecule has 0 N–H and O–H groups in total.